The summed E-state index contributed by atoms with van der Waals surface area (Å²) < 4.78 is 13.2. The average Bonchev–Trinajstić information content (AvgIpc) is 3.34. The van der Waals surface area contributed by atoms with E-state index >= 15 is 0 Å². The van der Waals surface area contributed by atoms with E-state index in [0.717, 1.165) is 55.0 Å². The fraction of sp³-hybridized carbons (Fsp3) is 0.500. The highest BCUT2D eigenvalue weighted by Gasteiger charge is 2.31. The molecular weight excluding hydrogens is 468 g/mol. The summed E-state index contributed by atoms with van der Waals surface area (Å²) in [6, 6.07) is 8.58. The molecule has 2 aliphatic heterocycles. The summed E-state index contributed by atoms with van der Waals surface area (Å²) in [5.74, 6) is 0.726. The molecule has 2 aliphatic rings. The van der Waals surface area contributed by atoms with Crippen molar-refractivity contribution in [2.45, 2.75) is 64.7 Å². The van der Waals surface area contributed by atoms with Gasteiger partial charge in [0.05, 0.1) is 35.8 Å². The van der Waals surface area contributed by atoms with Crippen molar-refractivity contribution in [3.8, 4) is 11.3 Å². The molecule has 0 saturated carbocycles. The van der Waals surface area contributed by atoms with Gasteiger partial charge in [-0.05, 0) is 63.3 Å². The molecule has 2 fully saturated rings. The van der Waals surface area contributed by atoms with Crippen LogP contribution in [0.3, 0.4) is 0 Å². The molecule has 2 aromatic heterocycles. The van der Waals surface area contributed by atoms with Gasteiger partial charge in [-0.3, -0.25) is 9.48 Å². The number of rotatable bonds is 9. The minimum Gasteiger partial charge on any atom is -0.381 e. The molecule has 0 aliphatic carbocycles. The number of carbonyl (C=O) groups is 1. The number of likely N-dealkylation sites (tertiary alicyclic amines) is 1. The molecule has 196 valence electrons. The number of amides is 1. The molecule has 4 heterocycles. The first-order valence-electron chi connectivity index (χ1n) is 13.2. The number of nitrogens with zero attached hydrogens (tertiary/aromatic N) is 5. The van der Waals surface area contributed by atoms with Gasteiger partial charge < -0.3 is 19.7 Å². The normalized spacial score (nSPS) is 16.7. The molecule has 1 amide bonds. The third kappa shape index (κ3) is 6.34. The highest BCUT2D eigenvalue weighted by atomic mass is 16.5. The molecule has 9 nitrogen and oxygen atoms in total. The van der Waals surface area contributed by atoms with Crippen LogP contribution in [-0.4, -0.2) is 69.1 Å². The number of hydrogen-bond donors (Lipinski definition) is 1. The second kappa shape index (κ2) is 11.4. The van der Waals surface area contributed by atoms with Crippen molar-refractivity contribution in [2.75, 3.05) is 31.6 Å². The Labute approximate surface area is 218 Å². The van der Waals surface area contributed by atoms with Crippen molar-refractivity contribution in [1.29, 1.82) is 0 Å². The van der Waals surface area contributed by atoms with Gasteiger partial charge in [0.25, 0.3) is 0 Å². The predicted molar refractivity (Wildman–Crippen MR) is 142 cm³/mol. The number of ether oxygens (including phenoxy) is 2. The molecule has 9 heteroatoms. The SMILES string of the molecule is Cc1cc(-c2ccnc(Nc3cnn(C4CCOCC4)c3)n2)ccc1CCC(=O)N1CC(OC(C)C)C1. The number of aromatic nitrogens is 4. The van der Waals surface area contributed by atoms with Gasteiger partial charge in [0, 0.05) is 50.7 Å². The number of nitrogens with one attached hydrogen (secondary N) is 1. The summed E-state index contributed by atoms with van der Waals surface area (Å²) in [5, 5.41) is 7.79. The zero-order valence-corrected chi connectivity index (χ0v) is 21.9. The van der Waals surface area contributed by atoms with Crippen LogP contribution in [0.4, 0.5) is 11.6 Å². The second-order valence-corrected chi connectivity index (χ2v) is 10.2. The molecule has 1 N–H and O–H groups in total. The summed E-state index contributed by atoms with van der Waals surface area (Å²) in [6.07, 6.45) is 9.14. The summed E-state index contributed by atoms with van der Waals surface area (Å²) in [6.45, 7) is 9.10. The molecule has 0 spiro atoms. The topological polar surface area (TPSA) is 94.4 Å². The number of hydrogen-bond acceptors (Lipinski definition) is 7. The van der Waals surface area contributed by atoms with Gasteiger partial charge in [0.15, 0.2) is 0 Å². The van der Waals surface area contributed by atoms with Crippen molar-refractivity contribution < 1.29 is 14.3 Å². The highest BCUT2D eigenvalue weighted by molar-refractivity contribution is 5.77. The van der Waals surface area contributed by atoms with Crippen molar-refractivity contribution in [2.24, 2.45) is 0 Å². The largest absolute Gasteiger partial charge is 0.381 e. The highest BCUT2D eigenvalue weighted by Crippen LogP contribution is 2.25. The van der Waals surface area contributed by atoms with Crippen molar-refractivity contribution in [3.63, 3.8) is 0 Å². The van der Waals surface area contributed by atoms with Crippen molar-refractivity contribution in [1.82, 2.24) is 24.6 Å². The summed E-state index contributed by atoms with van der Waals surface area (Å²) in [7, 11) is 0. The van der Waals surface area contributed by atoms with Crippen molar-refractivity contribution >= 4 is 17.5 Å². The Morgan fingerprint density at radius 3 is 2.78 bits per heavy atom. The lowest BCUT2D eigenvalue weighted by molar-refractivity contribution is -0.148. The van der Waals surface area contributed by atoms with E-state index in [0.29, 0.717) is 31.5 Å². The van der Waals surface area contributed by atoms with Crippen LogP contribution in [0.15, 0.2) is 42.9 Å². The lowest BCUT2D eigenvalue weighted by Gasteiger charge is -2.40. The Hall–Kier alpha value is -3.30. The maximum Gasteiger partial charge on any atom is 0.227 e. The molecule has 0 bridgehead atoms. The first-order chi connectivity index (χ1) is 17.9. The number of benzene rings is 1. The smallest absolute Gasteiger partial charge is 0.227 e. The minimum atomic E-state index is 0.181. The van der Waals surface area contributed by atoms with Crippen LogP contribution >= 0.6 is 0 Å². The van der Waals surface area contributed by atoms with E-state index in [9.17, 15) is 4.79 Å². The summed E-state index contributed by atoms with van der Waals surface area (Å²) >= 11 is 0. The van der Waals surface area contributed by atoms with E-state index in [-0.39, 0.29) is 18.1 Å². The first-order valence-corrected chi connectivity index (χ1v) is 13.2. The van der Waals surface area contributed by atoms with E-state index < -0.39 is 0 Å². The van der Waals surface area contributed by atoms with E-state index in [4.69, 9.17) is 14.5 Å². The van der Waals surface area contributed by atoms with Gasteiger partial charge in [0.1, 0.15) is 0 Å². The fourth-order valence-electron chi connectivity index (χ4n) is 4.91. The zero-order chi connectivity index (χ0) is 25.8. The Kier molecular flexibility index (Phi) is 7.81. The van der Waals surface area contributed by atoms with Crippen LogP contribution in [0.1, 0.15) is 50.3 Å². The van der Waals surface area contributed by atoms with Crippen LogP contribution in [0.2, 0.25) is 0 Å². The number of aryl methyl sites for hydroxylation is 2. The molecule has 5 rings (SSSR count). The van der Waals surface area contributed by atoms with Crippen molar-refractivity contribution in [3.05, 3.63) is 54.0 Å². The lowest BCUT2D eigenvalue weighted by Crippen LogP contribution is -2.55. The van der Waals surface area contributed by atoms with Gasteiger partial charge >= 0.3 is 0 Å². The van der Waals surface area contributed by atoms with Crippen LogP contribution < -0.4 is 5.32 Å². The maximum atomic E-state index is 12.5. The van der Waals surface area contributed by atoms with Gasteiger partial charge in [-0.25, -0.2) is 9.97 Å². The molecular formula is C28H36N6O3. The molecule has 37 heavy (non-hydrogen) atoms. The van der Waals surface area contributed by atoms with Gasteiger partial charge in [-0.15, -0.1) is 0 Å². The monoisotopic (exact) mass is 504 g/mol. The van der Waals surface area contributed by atoms with Crippen LogP contribution in [0.25, 0.3) is 11.3 Å². The van der Waals surface area contributed by atoms with Crippen LogP contribution in [0.5, 0.6) is 0 Å². The predicted octanol–water partition coefficient (Wildman–Crippen LogP) is 4.31. The van der Waals surface area contributed by atoms with Gasteiger partial charge in [0.2, 0.25) is 11.9 Å². The number of anilines is 2. The van der Waals surface area contributed by atoms with Crippen LogP contribution in [0, 0.1) is 6.92 Å². The van der Waals surface area contributed by atoms with Gasteiger partial charge in [-0.1, -0.05) is 12.1 Å². The van der Waals surface area contributed by atoms with E-state index in [2.05, 4.69) is 40.5 Å². The molecule has 3 aromatic rings. The summed E-state index contributed by atoms with van der Waals surface area (Å²) in [4.78, 5) is 23.5. The lowest BCUT2D eigenvalue weighted by atomic mass is 9.99. The third-order valence-electron chi connectivity index (χ3n) is 6.99. The molecule has 0 atom stereocenters. The maximum absolute atomic E-state index is 12.5. The zero-order valence-electron chi connectivity index (χ0n) is 21.9. The standard InChI is InChI=1S/C28H36N6O3/c1-19(2)37-25-17-33(18-25)27(35)7-6-21-4-5-22(14-20(21)3)26-8-11-29-28(32-26)31-23-15-30-34(16-23)24-9-12-36-13-10-24/h4-5,8,11,14-16,19,24-25H,6-7,9-10,12-13,17-18H2,1-3H3,(H,29,31,32). The van der Waals surface area contributed by atoms with E-state index in [1.165, 1.54) is 5.56 Å². The number of carbonyl (C=O) groups excluding carboxylic acids is 1. The molecule has 0 radical (unpaired) electrons. The Morgan fingerprint density at radius 2 is 2.03 bits per heavy atom. The Balaban J connectivity index is 1.17. The van der Waals surface area contributed by atoms with E-state index in [1.807, 2.05) is 41.9 Å². The van der Waals surface area contributed by atoms with Gasteiger partial charge in [-0.2, -0.15) is 5.10 Å². The first kappa shape index (κ1) is 25.4. The van der Waals surface area contributed by atoms with E-state index in [1.54, 1.807) is 6.20 Å². The van der Waals surface area contributed by atoms with Crippen LogP contribution in [-0.2, 0) is 20.7 Å². The average molecular weight is 505 g/mol. The molecule has 1 aromatic carbocycles. The fourth-order valence-corrected chi connectivity index (χ4v) is 4.91. The quantitative estimate of drug-likeness (QED) is 0.464. The molecule has 2 saturated heterocycles. The minimum absolute atomic E-state index is 0.181. The Bertz CT molecular complexity index is 1210. The third-order valence-corrected chi connectivity index (χ3v) is 6.99. The molecule has 0 unspecified atom stereocenters. The Morgan fingerprint density at radius 1 is 1.22 bits per heavy atom. The summed E-state index contributed by atoms with van der Waals surface area (Å²) in [5.41, 5.74) is 5.06. The second-order valence-electron chi connectivity index (χ2n) is 10.2.